The molecule has 0 N–H and O–H groups in total. The maximum Gasteiger partial charge on any atom is 0.236 e. The number of aromatic nitrogens is 4. The van der Waals surface area contributed by atoms with E-state index in [9.17, 15) is 4.21 Å². The third-order valence-corrected chi connectivity index (χ3v) is 3.35. The van der Waals surface area contributed by atoms with Gasteiger partial charge in [0.05, 0.1) is 0 Å². The highest BCUT2D eigenvalue weighted by molar-refractivity contribution is 7.81. The first-order valence-corrected chi connectivity index (χ1v) is 5.19. The summed E-state index contributed by atoms with van der Waals surface area (Å²) >= 11 is -1.30. The van der Waals surface area contributed by atoms with Crippen LogP contribution in [0.2, 0.25) is 0 Å². The minimum atomic E-state index is -1.30. The molecule has 6 heteroatoms. The Morgan fingerprint density at radius 3 is 1.79 bits per heavy atom. The van der Waals surface area contributed by atoms with Crippen molar-refractivity contribution >= 4 is 11.2 Å². The molecule has 0 unspecified atom stereocenters. The highest BCUT2D eigenvalue weighted by atomic mass is 32.2. The van der Waals surface area contributed by atoms with Crippen molar-refractivity contribution in [1.29, 1.82) is 0 Å². The van der Waals surface area contributed by atoms with Crippen LogP contribution in [-0.4, -0.2) is 22.1 Å². The molecule has 14 heavy (non-hydrogen) atoms. The highest BCUT2D eigenvalue weighted by Gasteiger charge is 2.09. The monoisotopic (exact) mass is 210 g/mol. The summed E-state index contributed by atoms with van der Waals surface area (Å²) < 4.78 is 15.2. The maximum atomic E-state index is 12.0. The summed E-state index contributed by atoms with van der Waals surface area (Å²) in [5, 5.41) is 0. The van der Waals surface area contributed by atoms with Crippen molar-refractivity contribution in [3.63, 3.8) is 0 Å². The second-order valence-corrected chi connectivity index (χ2v) is 4.08. The summed E-state index contributed by atoms with van der Waals surface area (Å²) in [6.45, 7) is 3.62. The van der Waals surface area contributed by atoms with Crippen molar-refractivity contribution in [1.82, 2.24) is 17.9 Å². The molecule has 0 amide bonds. The summed E-state index contributed by atoms with van der Waals surface area (Å²) in [6, 6.07) is 0. The van der Waals surface area contributed by atoms with Crippen LogP contribution in [0, 0.1) is 13.8 Å². The van der Waals surface area contributed by atoms with Crippen LogP contribution in [0.15, 0.2) is 24.8 Å². The van der Waals surface area contributed by atoms with Crippen molar-refractivity contribution in [2.24, 2.45) is 0 Å². The molecule has 0 aromatic carbocycles. The fraction of sp³-hybridized carbons (Fsp3) is 0.250. The molecule has 2 aromatic rings. The van der Waals surface area contributed by atoms with Crippen molar-refractivity contribution in [2.75, 3.05) is 0 Å². The van der Waals surface area contributed by atoms with Crippen molar-refractivity contribution in [2.45, 2.75) is 13.8 Å². The predicted molar refractivity (Wildman–Crippen MR) is 52.9 cm³/mol. The van der Waals surface area contributed by atoms with Gasteiger partial charge >= 0.3 is 0 Å². The molecule has 0 radical (unpaired) electrons. The summed E-state index contributed by atoms with van der Waals surface area (Å²) in [6.07, 6.45) is 6.62. The molecule has 0 fully saturated rings. The van der Waals surface area contributed by atoms with Gasteiger partial charge < -0.3 is 0 Å². The Morgan fingerprint density at radius 1 is 1.07 bits per heavy atom. The Hall–Kier alpha value is -1.43. The lowest BCUT2D eigenvalue weighted by molar-refractivity contribution is 0.668. The van der Waals surface area contributed by atoms with Gasteiger partial charge in [-0.05, 0) is 13.8 Å². The van der Waals surface area contributed by atoms with E-state index in [4.69, 9.17) is 0 Å². The Morgan fingerprint density at radius 2 is 1.50 bits per heavy atom. The van der Waals surface area contributed by atoms with Gasteiger partial charge in [-0.1, -0.05) is 0 Å². The molecular formula is C8H10N4OS. The second kappa shape index (κ2) is 3.38. The molecule has 2 rings (SSSR count). The molecule has 0 saturated heterocycles. The van der Waals surface area contributed by atoms with E-state index in [1.54, 1.807) is 32.7 Å². The molecular weight excluding hydrogens is 200 g/mol. The van der Waals surface area contributed by atoms with E-state index >= 15 is 0 Å². The lowest BCUT2D eigenvalue weighted by atomic mass is 10.8. The van der Waals surface area contributed by atoms with Crippen LogP contribution in [0.4, 0.5) is 0 Å². The molecule has 5 nitrogen and oxygen atoms in total. The predicted octanol–water partition coefficient (Wildman–Crippen LogP) is 0.672. The van der Waals surface area contributed by atoms with Gasteiger partial charge in [0.2, 0.25) is 11.2 Å². The Kier molecular flexibility index (Phi) is 2.20. The quantitative estimate of drug-likeness (QED) is 0.732. The first kappa shape index (κ1) is 9.14. The van der Waals surface area contributed by atoms with Gasteiger partial charge in [0.15, 0.2) is 0 Å². The van der Waals surface area contributed by atoms with E-state index < -0.39 is 11.2 Å². The summed E-state index contributed by atoms with van der Waals surface area (Å²) in [4.78, 5) is 8.03. The standard InChI is InChI=1S/C8H10N4OS/c1-7-9-3-5-11(7)14(13)12-6-4-10-8(12)2/h3-6H,1-2H3. The van der Waals surface area contributed by atoms with Gasteiger partial charge in [0.1, 0.15) is 11.6 Å². The summed E-state index contributed by atoms with van der Waals surface area (Å²) in [7, 11) is 0. The average molecular weight is 210 g/mol. The second-order valence-electron chi connectivity index (χ2n) is 2.83. The Labute approximate surface area is 84.1 Å². The molecule has 0 aliphatic carbocycles. The van der Waals surface area contributed by atoms with Crippen LogP contribution in [0.3, 0.4) is 0 Å². The number of hydrogen-bond donors (Lipinski definition) is 0. The Balaban J connectivity index is 2.44. The minimum absolute atomic E-state index is 0.719. The lowest BCUT2D eigenvalue weighted by Gasteiger charge is -2.05. The number of aryl methyl sites for hydroxylation is 2. The van der Waals surface area contributed by atoms with Crippen LogP contribution in [0.1, 0.15) is 11.6 Å². The van der Waals surface area contributed by atoms with Crippen molar-refractivity contribution in [3.8, 4) is 0 Å². The molecule has 0 saturated carbocycles. The molecule has 74 valence electrons. The van der Waals surface area contributed by atoms with Gasteiger partial charge in [-0.25, -0.2) is 22.1 Å². The van der Waals surface area contributed by atoms with Crippen molar-refractivity contribution in [3.05, 3.63) is 36.4 Å². The van der Waals surface area contributed by atoms with Crippen LogP contribution >= 0.6 is 0 Å². The van der Waals surface area contributed by atoms with Gasteiger partial charge in [0, 0.05) is 24.8 Å². The number of imidazole rings is 2. The van der Waals surface area contributed by atoms with E-state index in [2.05, 4.69) is 9.97 Å². The lowest BCUT2D eigenvalue weighted by Crippen LogP contribution is -2.14. The van der Waals surface area contributed by atoms with Gasteiger partial charge in [-0.15, -0.1) is 0 Å². The third kappa shape index (κ3) is 1.37. The maximum absolute atomic E-state index is 12.0. The number of nitrogens with zero attached hydrogens (tertiary/aromatic N) is 4. The van der Waals surface area contributed by atoms with E-state index in [0.29, 0.717) is 0 Å². The molecule has 0 bridgehead atoms. The van der Waals surface area contributed by atoms with Crippen LogP contribution < -0.4 is 0 Å². The van der Waals surface area contributed by atoms with Crippen LogP contribution in [0.25, 0.3) is 0 Å². The van der Waals surface area contributed by atoms with E-state index in [-0.39, 0.29) is 0 Å². The smallest absolute Gasteiger partial charge is 0.236 e. The zero-order valence-electron chi connectivity index (χ0n) is 7.91. The third-order valence-electron chi connectivity index (χ3n) is 1.90. The largest absolute Gasteiger partial charge is 0.241 e. The first-order chi connectivity index (χ1) is 6.70. The number of hydrogen-bond acceptors (Lipinski definition) is 3. The van der Waals surface area contributed by atoms with Crippen molar-refractivity contribution < 1.29 is 4.21 Å². The Bertz CT molecular complexity index is 431. The first-order valence-electron chi connectivity index (χ1n) is 4.13. The zero-order chi connectivity index (χ0) is 10.1. The molecule has 2 aromatic heterocycles. The average Bonchev–Trinajstić information content (AvgIpc) is 2.73. The zero-order valence-corrected chi connectivity index (χ0v) is 8.73. The van der Waals surface area contributed by atoms with E-state index in [1.807, 2.05) is 13.8 Å². The van der Waals surface area contributed by atoms with Crippen LogP contribution in [0.5, 0.6) is 0 Å². The normalized spacial score (nSPS) is 11.1. The van der Waals surface area contributed by atoms with E-state index in [1.165, 1.54) is 0 Å². The van der Waals surface area contributed by atoms with Gasteiger partial charge in [-0.2, -0.15) is 0 Å². The fourth-order valence-electron chi connectivity index (χ4n) is 1.16. The molecule has 0 aliphatic rings. The summed E-state index contributed by atoms with van der Waals surface area (Å²) in [5.41, 5.74) is 0. The molecule has 0 spiro atoms. The minimum Gasteiger partial charge on any atom is -0.241 e. The molecule has 0 aliphatic heterocycles. The van der Waals surface area contributed by atoms with Crippen LogP contribution in [-0.2, 0) is 11.2 Å². The van der Waals surface area contributed by atoms with E-state index in [0.717, 1.165) is 11.6 Å². The van der Waals surface area contributed by atoms with Gasteiger partial charge in [-0.3, -0.25) is 0 Å². The highest BCUT2D eigenvalue weighted by Crippen LogP contribution is 2.03. The topological polar surface area (TPSA) is 52.7 Å². The number of rotatable bonds is 2. The van der Waals surface area contributed by atoms with Gasteiger partial charge in [0.25, 0.3) is 0 Å². The fourth-order valence-corrected chi connectivity index (χ4v) is 2.21. The molecule has 2 heterocycles. The SMILES string of the molecule is Cc1nccn1S(=O)n1ccnc1C. The molecule has 0 atom stereocenters. The summed E-state index contributed by atoms with van der Waals surface area (Å²) in [5.74, 6) is 1.44.